The van der Waals surface area contributed by atoms with Crippen molar-refractivity contribution in [2.24, 2.45) is 5.73 Å². The van der Waals surface area contributed by atoms with Gasteiger partial charge in [0.1, 0.15) is 0 Å². The third-order valence-corrected chi connectivity index (χ3v) is 1.47. The fourth-order valence-corrected chi connectivity index (χ4v) is 0.815. The Balaban J connectivity index is 3.51. The number of hydrogen-bond donors (Lipinski definition) is 2. The molecular weight excluding hydrogens is 154 g/mol. The molecule has 0 bridgehead atoms. The smallest absolute Gasteiger partial charge is 0.236 e. The Kier molecular flexibility index (Phi) is 6.02. The van der Waals surface area contributed by atoms with Gasteiger partial charge in [-0.25, -0.2) is 0 Å². The van der Waals surface area contributed by atoms with E-state index in [0.29, 0.717) is 19.4 Å². The molecule has 0 spiro atoms. The van der Waals surface area contributed by atoms with Crippen molar-refractivity contribution in [3.05, 3.63) is 0 Å². The zero-order chi connectivity index (χ0) is 9.40. The lowest BCUT2D eigenvalue weighted by Gasteiger charge is -2.09. The maximum atomic E-state index is 11.1. The molecule has 1 amide bonds. The Morgan fingerprint density at radius 2 is 2.42 bits per heavy atom. The molecule has 0 saturated heterocycles. The van der Waals surface area contributed by atoms with E-state index in [2.05, 4.69) is 5.32 Å². The number of carbonyl (C=O) groups excluding carboxylic acids is 1. The second-order valence-corrected chi connectivity index (χ2v) is 2.59. The molecule has 0 fully saturated rings. The number of nitriles is 1. The van der Waals surface area contributed by atoms with Gasteiger partial charge >= 0.3 is 0 Å². The zero-order valence-corrected chi connectivity index (χ0v) is 7.34. The molecule has 12 heavy (non-hydrogen) atoms. The lowest BCUT2D eigenvalue weighted by Crippen LogP contribution is -2.40. The van der Waals surface area contributed by atoms with E-state index in [-0.39, 0.29) is 5.91 Å². The highest BCUT2D eigenvalue weighted by Gasteiger charge is 2.10. The Morgan fingerprint density at radius 3 is 2.92 bits per heavy atom. The van der Waals surface area contributed by atoms with Gasteiger partial charge in [-0.3, -0.25) is 4.79 Å². The second-order valence-electron chi connectivity index (χ2n) is 2.59. The zero-order valence-electron chi connectivity index (χ0n) is 7.34. The molecule has 4 nitrogen and oxygen atoms in total. The highest BCUT2D eigenvalue weighted by molar-refractivity contribution is 5.81. The van der Waals surface area contributed by atoms with Gasteiger partial charge in [-0.1, -0.05) is 13.3 Å². The Hall–Kier alpha value is -1.08. The number of amides is 1. The second kappa shape index (κ2) is 6.62. The van der Waals surface area contributed by atoms with Crippen molar-refractivity contribution in [3.8, 4) is 6.07 Å². The Bertz CT molecular complexity index is 174. The van der Waals surface area contributed by atoms with Crippen LogP contribution in [0.1, 0.15) is 26.2 Å². The van der Waals surface area contributed by atoms with Crippen LogP contribution in [0.4, 0.5) is 0 Å². The maximum absolute atomic E-state index is 11.1. The average Bonchev–Trinajstić information content (AvgIpc) is 2.05. The topological polar surface area (TPSA) is 78.9 Å². The minimum atomic E-state index is -0.423. The van der Waals surface area contributed by atoms with Gasteiger partial charge in [-0.2, -0.15) is 5.26 Å². The molecule has 0 heterocycles. The molecule has 0 rings (SSSR count). The number of rotatable bonds is 5. The third-order valence-electron chi connectivity index (χ3n) is 1.47. The first-order valence-corrected chi connectivity index (χ1v) is 4.12. The minimum Gasteiger partial charge on any atom is -0.354 e. The van der Waals surface area contributed by atoms with Crippen LogP contribution in [0.15, 0.2) is 0 Å². The van der Waals surface area contributed by atoms with E-state index < -0.39 is 6.04 Å². The molecule has 0 aliphatic carbocycles. The highest BCUT2D eigenvalue weighted by atomic mass is 16.2. The summed E-state index contributed by atoms with van der Waals surface area (Å²) in [7, 11) is 0. The van der Waals surface area contributed by atoms with Crippen LogP contribution in [0.5, 0.6) is 0 Å². The first kappa shape index (κ1) is 10.9. The molecule has 0 aliphatic rings. The minimum absolute atomic E-state index is 0.160. The summed E-state index contributed by atoms with van der Waals surface area (Å²) in [5.41, 5.74) is 5.52. The van der Waals surface area contributed by atoms with E-state index in [9.17, 15) is 4.79 Å². The summed E-state index contributed by atoms with van der Waals surface area (Å²) in [5.74, 6) is -0.160. The van der Waals surface area contributed by atoms with Crippen LogP contribution in [0.25, 0.3) is 0 Å². The lowest BCUT2D eigenvalue weighted by atomic mass is 10.2. The fourth-order valence-electron chi connectivity index (χ4n) is 0.815. The summed E-state index contributed by atoms with van der Waals surface area (Å²) in [6.45, 7) is 2.37. The summed E-state index contributed by atoms with van der Waals surface area (Å²) in [6, 6.07) is 1.52. The molecule has 0 aromatic heterocycles. The number of nitrogens with one attached hydrogen (secondary N) is 1. The van der Waals surface area contributed by atoms with E-state index in [1.807, 2.05) is 13.0 Å². The van der Waals surface area contributed by atoms with E-state index in [1.54, 1.807) is 0 Å². The van der Waals surface area contributed by atoms with Crippen LogP contribution in [0.3, 0.4) is 0 Å². The molecule has 3 N–H and O–H groups in total. The van der Waals surface area contributed by atoms with Crippen LogP contribution in [-0.4, -0.2) is 18.5 Å². The van der Waals surface area contributed by atoms with Gasteiger partial charge in [-0.05, 0) is 6.42 Å². The Morgan fingerprint density at radius 1 is 1.75 bits per heavy atom. The van der Waals surface area contributed by atoms with Crippen LogP contribution in [0.2, 0.25) is 0 Å². The van der Waals surface area contributed by atoms with Crippen LogP contribution >= 0.6 is 0 Å². The van der Waals surface area contributed by atoms with Gasteiger partial charge in [0.05, 0.1) is 18.5 Å². The van der Waals surface area contributed by atoms with Crippen molar-refractivity contribution < 1.29 is 4.79 Å². The molecule has 4 heteroatoms. The van der Waals surface area contributed by atoms with Crippen LogP contribution < -0.4 is 11.1 Å². The first-order valence-electron chi connectivity index (χ1n) is 4.12. The summed E-state index contributed by atoms with van der Waals surface area (Å²) in [5, 5.41) is 10.8. The van der Waals surface area contributed by atoms with Crippen LogP contribution in [-0.2, 0) is 4.79 Å². The quantitative estimate of drug-likeness (QED) is 0.575. The van der Waals surface area contributed by atoms with Crippen LogP contribution in [0, 0.1) is 11.3 Å². The Labute approximate surface area is 72.7 Å². The molecular formula is C8H15N3O. The molecule has 0 aromatic rings. The lowest BCUT2D eigenvalue weighted by molar-refractivity contribution is -0.122. The van der Waals surface area contributed by atoms with E-state index >= 15 is 0 Å². The normalized spacial score (nSPS) is 11.8. The molecule has 1 unspecified atom stereocenters. The summed E-state index contributed by atoms with van der Waals surface area (Å²) < 4.78 is 0. The van der Waals surface area contributed by atoms with E-state index in [4.69, 9.17) is 11.0 Å². The fraction of sp³-hybridized carbons (Fsp3) is 0.750. The average molecular weight is 169 g/mol. The van der Waals surface area contributed by atoms with Crippen molar-refractivity contribution in [3.63, 3.8) is 0 Å². The van der Waals surface area contributed by atoms with Crippen molar-refractivity contribution in [1.82, 2.24) is 5.32 Å². The first-order chi connectivity index (χ1) is 5.72. The SMILES string of the molecule is CCCC(N)C(=O)NCCC#N. The van der Waals surface area contributed by atoms with Gasteiger partial charge in [-0.15, -0.1) is 0 Å². The predicted molar refractivity (Wildman–Crippen MR) is 46.1 cm³/mol. The van der Waals surface area contributed by atoms with Crippen molar-refractivity contribution in [2.75, 3.05) is 6.54 Å². The number of nitrogens with zero attached hydrogens (tertiary/aromatic N) is 1. The van der Waals surface area contributed by atoms with Crippen molar-refractivity contribution >= 4 is 5.91 Å². The number of hydrogen-bond acceptors (Lipinski definition) is 3. The van der Waals surface area contributed by atoms with Gasteiger partial charge < -0.3 is 11.1 Å². The van der Waals surface area contributed by atoms with Gasteiger partial charge in [0, 0.05) is 6.54 Å². The van der Waals surface area contributed by atoms with E-state index in [0.717, 1.165) is 6.42 Å². The van der Waals surface area contributed by atoms with Gasteiger partial charge in [0.25, 0.3) is 0 Å². The third kappa shape index (κ3) is 4.69. The van der Waals surface area contributed by atoms with Crippen molar-refractivity contribution in [1.29, 1.82) is 5.26 Å². The number of nitrogens with two attached hydrogens (primary N) is 1. The molecule has 0 aliphatic heterocycles. The molecule has 0 saturated carbocycles. The molecule has 68 valence electrons. The monoisotopic (exact) mass is 169 g/mol. The predicted octanol–water partition coefficient (Wildman–Crippen LogP) is 0.144. The summed E-state index contributed by atoms with van der Waals surface area (Å²) in [4.78, 5) is 11.1. The maximum Gasteiger partial charge on any atom is 0.236 e. The molecule has 0 radical (unpaired) electrons. The van der Waals surface area contributed by atoms with Gasteiger partial charge in [0.2, 0.25) is 5.91 Å². The highest BCUT2D eigenvalue weighted by Crippen LogP contribution is 1.92. The van der Waals surface area contributed by atoms with E-state index in [1.165, 1.54) is 0 Å². The summed E-state index contributed by atoms with van der Waals surface area (Å²) >= 11 is 0. The summed E-state index contributed by atoms with van der Waals surface area (Å²) in [6.07, 6.45) is 1.93. The molecule has 0 aromatic carbocycles. The van der Waals surface area contributed by atoms with Gasteiger partial charge in [0.15, 0.2) is 0 Å². The number of carbonyl (C=O) groups is 1. The largest absolute Gasteiger partial charge is 0.354 e. The standard InChI is InChI=1S/C8H15N3O/c1-2-4-7(10)8(12)11-6-3-5-9/h7H,2-4,6,10H2,1H3,(H,11,12). The molecule has 1 atom stereocenters. The van der Waals surface area contributed by atoms with Crippen molar-refractivity contribution in [2.45, 2.75) is 32.2 Å².